The molecule has 13 heavy (non-hydrogen) atoms. The molecule has 0 spiro atoms. The Morgan fingerprint density at radius 2 is 2.00 bits per heavy atom. The fourth-order valence-electron chi connectivity index (χ4n) is 1.84. The highest BCUT2D eigenvalue weighted by molar-refractivity contribution is 4.89. The molecule has 0 amide bonds. The van der Waals surface area contributed by atoms with Crippen LogP contribution in [0.3, 0.4) is 0 Å². The molecule has 1 aliphatic rings. The van der Waals surface area contributed by atoms with Gasteiger partial charge in [-0.1, -0.05) is 13.8 Å². The fourth-order valence-corrected chi connectivity index (χ4v) is 1.84. The SMILES string of the molecule is CCN(CC1CC1)C(C)(CC)CN. The van der Waals surface area contributed by atoms with Crippen molar-refractivity contribution >= 4 is 0 Å². The van der Waals surface area contributed by atoms with Gasteiger partial charge in [-0.3, -0.25) is 4.90 Å². The molecule has 0 radical (unpaired) electrons. The minimum atomic E-state index is 0.233. The van der Waals surface area contributed by atoms with Crippen LogP contribution in [0.2, 0.25) is 0 Å². The van der Waals surface area contributed by atoms with Crippen LogP contribution in [0.4, 0.5) is 0 Å². The molecular weight excluding hydrogens is 160 g/mol. The van der Waals surface area contributed by atoms with Gasteiger partial charge in [-0.05, 0) is 38.6 Å². The maximum absolute atomic E-state index is 5.85. The minimum absolute atomic E-state index is 0.233. The summed E-state index contributed by atoms with van der Waals surface area (Å²) in [4.78, 5) is 2.56. The van der Waals surface area contributed by atoms with Gasteiger partial charge < -0.3 is 5.73 Å². The van der Waals surface area contributed by atoms with E-state index in [9.17, 15) is 0 Å². The Kier molecular flexibility index (Phi) is 3.74. The first kappa shape index (κ1) is 11.0. The van der Waals surface area contributed by atoms with Crippen molar-refractivity contribution in [2.24, 2.45) is 11.7 Å². The Labute approximate surface area is 82.5 Å². The van der Waals surface area contributed by atoms with Crippen LogP contribution >= 0.6 is 0 Å². The van der Waals surface area contributed by atoms with Crippen molar-refractivity contribution in [3.05, 3.63) is 0 Å². The fraction of sp³-hybridized carbons (Fsp3) is 1.00. The van der Waals surface area contributed by atoms with Crippen molar-refractivity contribution < 1.29 is 0 Å². The second-order valence-electron chi connectivity index (χ2n) is 4.54. The molecule has 0 aromatic heterocycles. The van der Waals surface area contributed by atoms with E-state index in [0.717, 1.165) is 25.4 Å². The zero-order chi connectivity index (χ0) is 9.90. The van der Waals surface area contributed by atoms with Crippen LogP contribution in [-0.4, -0.2) is 30.1 Å². The second-order valence-corrected chi connectivity index (χ2v) is 4.54. The van der Waals surface area contributed by atoms with E-state index in [1.165, 1.54) is 19.4 Å². The van der Waals surface area contributed by atoms with E-state index in [2.05, 4.69) is 25.7 Å². The summed E-state index contributed by atoms with van der Waals surface area (Å²) in [7, 11) is 0. The van der Waals surface area contributed by atoms with E-state index in [4.69, 9.17) is 5.73 Å². The summed E-state index contributed by atoms with van der Waals surface area (Å²) < 4.78 is 0. The van der Waals surface area contributed by atoms with E-state index in [1.54, 1.807) is 0 Å². The smallest absolute Gasteiger partial charge is 0.0300 e. The Morgan fingerprint density at radius 1 is 1.38 bits per heavy atom. The van der Waals surface area contributed by atoms with Crippen LogP contribution in [0.25, 0.3) is 0 Å². The summed E-state index contributed by atoms with van der Waals surface area (Å²) in [6.45, 7) is 9.95. The number of hydrogen-bond acceptors (Lipinski definition) is 2. The summed E-state index contributed by atoms with van der Waals surface area (Å²) in [6, 6.07) is 0. The third-order valence-corrected chi connectivity index (χ3v) is 3.52. The molecule has 2 N–H and O–H groups in total. The van der Waals surface area contributed by atoms with Crippen LogP contribution in [0, 0.1) is 5.92 Å². The highest BCUT2D eigenvalue weighted by Crippen LogP contribution is 2.32. The molecule has 0 aromatic carbocycles. The lowest BCUT2D eigenvalue weighted by Gasteiger charge is -2.39. The Morgan fingerprint density at radius 3 is 2.31 bits per heavy atom. The molecule has 0 saturated heterocycles. The van der Waals surface area contributed by atoms with Crippen molar-refractivity contribution in [3.63, 3.8) is 0 Å². The predicted octanol–water partition coefficient (Wildman–Crippen LogP) is 1.85. The lowest BCUT2D eigenvalue weighted by atomic mass is 9.96. The van der Waals surface area contributed by atoms with Gasteiger partial charge in [0.25, 0.3) is 0 Å². The molecule has 1 aliphatic carbocycles. The highest BCUT2D eigenvalue weighted by atomic mass is 15.2. The van der Waals surface area contributed by atoms with Crippen molar-refractivity contribution in [1.82, 2.24) is 4.90 Å². The van der Waals surface area contributed by atoms with Gasteiger partial charge in [0.1, 0.15) is 0 Å². The van der Waals surface area contributed by atoms with E-state index < -0.39 is 0 Å². The van der Waals surface area contributed by atoms with Crippen LogP contribution in [0.5, 0.6) is 0 Å². The van der Waals surface area contributed by atoms with Crippen molar-refractivity contribution in [3.8, 4) is 0 Å². The lowest BCUT2D eigenvalue weighted by Crippen LogP contribution is -2.51. The van der Waals surface area contributed by atoms with Crippen LogP contribution in [0.1, 0.15) is 40.0 Å². The highest BCUT2D eigenvalue weighted by Gasteiger charge is 2.32. The molecular formula is C11H24N2. The molecule has 1 atom stereocenters. The predicted molar refractivity (Wildman–Crippen MR) is 57.7 cm³/mol. The molecule has 2 nitrogen and oxygen atoms in total. The van der Waals surface area contributed by atoms with Gasteiger partial charge in [0, 0.05) is 18.6 Å². The molecule has 2 heteroatoms. The summed E-state index contributed by atoms with van der Waals surface area (Å²) in [5.41, 5.74) is 6.08. The van der Waals surface area contributed by atoms with E-state index in [0.29, 0.717) is 0 Å². The maximum atomic E-state index is 5.85. The van der Waals surface area contributed by atoms with E-state index in [1.807, 2.05) is 0 Å². The zero-order valence-electron chi connectivity index (χ0n) is 9.34. The molecule has 1 saturated carbocycles. The second kappa shape index (κ2) is 4.43. The molecule has 1 unspecified atom stereocenters. The first-order valence-corrected chi connectivity index (χ1v) is 5.61. The van der Waals surface area contributed by atoms with E-state index >= 15 is 0 Å². The van der Waals surface area contributed by atoms with Crippen molar-refractivity contribution in [2.45, 2.75) is 45.6 Å². The maximum Gasteiger partial charge on any atom is 0.0300 e. The Bertz CT molecular complexity index is 148. The quantitative estimate of drug-likeness (QED) is 0.682. The lowest BCUT2D eigenvalue weighted by molar-refractivity contribution is 0.107. The van der Waals surface area contributed by atoms with Gasteiger partial charge >= 0.3 is 0 Å². The Hall–Kier alpha value is -0.0800. The minimum Gasteiger partial charge on any atom is -0.329 e. The summed E-state index contributed by atoms with van der Waals surface area (Å²) in [5, 5.41) is 0. The largest absolute Gasteiger partial charge is 0.329 e. The number of nitrogens with two attached hydrogens (primary N) is 1. The third kappa shape index (κ3) is 2.68. The van der Waals surface area contributed by atoms with Crippen LogP contribution in [0.15, 0.2) is 0 Å². The van der Waals surface area contributed by atoms with Gasteiger partial charge in [-0.25, -0.2) is 0 Å². The number of rotatable bonds is 6. The summed E-state index contributed by atoms with van der Waals surface area (Å²) >= 11 is 0. The Balaban J connectivity index is 2.49. The molecule has 0 aromatic rings. The molecule has 78 valence electrons. The molecule has 1 rings (SSSR count). The molecule has 1 fully saturated rings. The standard InChI is InChI=1S/C11H24N2/c1-4-11(3,9-12)13(5-2)8-10-6-7-10/h10H,4-9,12H2,1-3H3. The summed E-state index contributed by atoms with van der Waals surface area (Å²) in [6.07, 6.45) is 4.02. The zero-order valence-corrected chi connectivity index (χ0v) is 9.34. The van der Waals surface area contributed by atoms with Gasteiger partial charge in [0.05, 0.1) is 0 Å². The first-order chi connectivity index (χ1) is 6.16. The van der Waals surface area contributed by atoms with Crippen molar-refractivity contribution in [2.75, 3.05) is 19.6 Å². The van der Waals surface area contributed by atoms with Crippen LogP contribution in [-0.2, 0) is 0 Å². The van der Waals surface area contributed by atoms with Gasteiger partial charge in [0.15, 0.2) is 0 Å². The van der Waals surface area contributed by atoms with Crippen molar-refractivity contribution in [1.29, 1.82) is 0 Å². The monoisotopic (exact) mass is 184 g/mol. The van der Waals surface area contributed by atoms with Gasteiger partial charge in [-0.15, -0.1) is 0 Å². The third-order valence-electron chi connectivity index (χ3n) is 3.52. The molecule has 0 heterocycles. The number of nitrogens with zero attached hydrogens (tertiary/aromatic N) is 1. The van der Waals surface area contributed by atoms with E-state index in [-0.39, 0.29) is 5.54 Å². The molecule has 0 bridgehead atoms. The van der Waals surface area contributed by atoms with Crippen LogP contribution < -0.4 is 5.73 Å². The average molecular weight is 184 g/mol. The normalized spacial score (nSPS) is 21.9. The van der Waals surface area contributed by atoms with Gasteiger partial charge in [0.2, 0.25) is 0 Å². The molecule has 0 aliphatic heterocycles. The topological polar surface area (TPSA) is 29.3 Å². The average Bonchev–Trinajstić information content (AvgIpc) is 2.96. The number of likely N-dealkylation sites (N-methyl/N-ethyl adjacent to an activating group) is 1. The number of hydrogen-bond donors (Lipinski definition) is 1. The van der Waals surface area contributed by atoms with Gasteiger partial charge in [-0.2, -0.15) is 0 Å². The first-order valence-electron chi connectivity index (χ1n) is 5.61. The summed E-state index contributed by atoms with van der Waals surface area (Å²) in [5.74, 6) is 0.970.